The number of nitrogens with zero attached hydrogens (tertiary/aromatic N) is 1. The maximum Gasteiger partial charge on any atom is 0.292 e. The quantitative estimate of drug-likeness (QED) is 0.831. The summed E-state index contributed by atoms with van der Waals surface area (Å²) in [6.45, 7) is 3.19. The zero-order chi connectivity index (χ0) is 15.7. The van der Waals surface area contributed by atoms with Gasteiger partial charge in [-0.25, -0.2) is 4.90 Å². The number of piperidine rings is 1. The van der Waals surface area contributed by atoms with Crippen molar-refractivity contribution in [3.63, 3.8) is 0 Å². The number of quaternary nitrogens is 1. The molecular formula is C17H22BrN2O2+. The van der Waals surface area contributed by atoms with E-state index in [9.17, 15) is 9.59 Å². The lowest BCUT2D eigenvalue weighted by Crippen LogP contribution is -3.20. The number of benzene rings is 1. The third-order valence-electron chi connectivity index (χ3n) is 4.96. The van der Waals surface area contributed by atoms with E-state index in [1.165, 1.54) is 22.6 Å². The summed E-state index contributed by atoms with van der Waals surface area (Å²) in [6.07, 6.45) is 4.99. The van der Waals surface area contributed by atoms with Crippen LogP contribution in [0.4, 0.5) is 5.69 Å². The maximum atomic E-state index is 12.8. The molecule has 1 N–H and O–H groups in total. The lowest BCUT2D eigenvalue weighted by Gasteiger charge is -2.35. The highest BCUT2D eigenvalue weighted by molar-refractivity contribution is 9.10. The Hall–Kier alpha value is -1.20. The van der Waals surface area contributed by atoms with Gasteiger partial charge in [0.1, 0.15) is 0 Å². The fourth-order valence-electron chi connectivity index (χ4n) is 3.82. The van der Waals surface area contributed by atoms with E-state index in [4.69, 9.17) is 0 Å². The number of carbonyl (C=O) groups excluding carboxylic acids is 2. The molecule has 2 aliphatic heterocycles. The first kappa shape index (κ1) is 15.7. The van der Waals surface area contributed by atoms with Gasteiger partial charge in [0.2, 0.25) is 5.91 Å². The van der Waals surface area contributed by atoms with Crippen LogP contribution >= 0.6 is 15.9 Å². The molecule has 0 spiro atoms. The fourth-order valence-corrected chi connectivity index (χ4v) is 4.08. The van der Waals surface area contributed by atoms with E-state index < -0.39 is 0 Å². The molecular weight excluding hydrogens is 344 g/mol. The van der Waals surface area contributed by atoms with Crippen molar-refractivity contribution in [3.05, 3.63) is 28.7 Å². The highest BCUT2D eigenvalue weighted by Crippen LogP contribution is 2.24. The molecule has 2 amide bonds. The molecule has 0 bridgehead atoms. The summed E-state index contributed by atoms with van der Waals surface area (Å²) in [5.41, 5.74) is 0.685. The Labute approximate surface area is 139 Å². The average molecular weight is 366 g/mol. The third-order valence-corrected chi connectivity index (χ3v) is 5.49. The molecule has 1 aromatic rings. The van der Waals surface area contributed by atoms with Crippen molar-refractivity contribution in [1.82, 2.24) is 0 Å². The minimum absolute atomic E-state index is 0.0253. The topological polar surface area (TPSA) is 41.8 Å². The predicted octanol–water partition coefficient (Wildman–Crippen LogP) is 1.93. The molecule has 0 radical (unpaired) electrons. The van der Waals surface area contributed by atoms with Crippen LogP contribution < -0.4 is 9.80 Å². The highest BCUT2D eigenvalue weighted by Gasteiger charge is 2.47. The van der Waals surface area contributed by atoms with Gasteiger partial charge in [0, 0.05) is 4.47 Å². The Morgan fingerprint density at radius 3 is 2.64 bits per heavy atom. The fraction of sp³-hybridized carbons (Fsp3) is 0.529. The molecule has 0 saturated carbocycles. The molecule has 2 aliphatic rings. The number of rotatable bonds is 3. The molecule has 1 aromatic carbocycles. The van der Waals surface area contributed by atoms with Crippen molar-refractivity contribution in [2.24, 2.45) is 0 Å². The van der Waals surface area contributed by atoms with E-state index in [1.54, 1.807) is 0 Å². The van der Waals surface area contributed by atoms with Crippen molar-refractivity contribution in [2.75, 3.05) is 11.4 Å². The number of carbonyl (C=O) groups is 2. The molecule has 4 nitrogen and oxygen atoms in total. The number of likely N-dealkylation sites (tertiary alicyclic amines) is 1. The molecule has 0 aromatic heterocycles. The van der Waals surface area contributed by atoms with Crippen LogP contribution in [0, 0.1) is 0 Å². The van der Waals surface area contributed by atoms with Crippen molar-refractivity contribution >= 4 is 33.4 Å². The summed E-state index contributed by atoms with van der Waals surface area (Å²) >= 11 is 3.38. The van der Waals surface area contributed by atoms with Gasteiger partial charge >= 0.3 is 0 Å². The number of hydrogen-bond acceptors (Lipinski definition) is 2. The first-order chi connectivity index (χ1) is 10.6. The van der Waals surface area contributed by atoms with Gasteiger partial charge in [0.05, 0.1) is 24.7 Å². The second-order valence-corrected chi connectivity index (χ2v) is 7.14. The lowest BCUT2D eigenvalue weighted by atomic mass is 9.97. The Morgan fingerprint density at radius 1 is 1.23 bits per heavy atom. The highest BCUT2D eigenvalue weighted by atomic mass is 79.9. The Balaban J connectivity index is 1.83. The molecule has 2 heterocycles. The van der Waals surface area contributed by atoms with Crippen LogP contribution in [0.1, 0.15) is 39.0 Å². The molecule has 22 heavy (non-hydrogen) atoms. The van der Waals surface area contributed by atoms with Gasteiger partial charge < -0.3 is 4.90 Å². The van der Waals surface area contributed by atoms with Crippen molar-refractivity contribution in [3.8, 4) is 0 Å². The van der Waals surface area contributed by atoms with E-state index >= 15 is 0 Å². The second kappa shape index (κ2) is 6.50. The molecule has 118 valence electrons. The summed E-state index contributed by atoms with van der Waals surface area (Å²) in [7, 11) is 0. The van der Waals surface area contributed by atoms with Crippen molar-refractivity contribution < 1.29 is 14.5 Å². The van der Waals surface area contributed by atoms with E-state index in [-0.39, 0.29) is 17.9 Å². The molecule has 5 heteroatoms. The molecule has 3 rings (SSSR count). The van der Waals surface area contributed by atoms with Gasteiger partial charge in [-0.1, -0.05) is 22.9 Å². The van der Waals surface area contributed by atoms with Gasteiger partial charge in [-0.15, -0.1) is 0 Å². The van der Waals surface area contributed by atoms with E-state index in [1.807, 2.05) is 24.3 Å². The molecule has 2 fully saturated rings. The zero-order valence-corrected chi connectivity index (χ0v) is 14.4. The summed E-state index contributed by atoms with van der Waals surface area (Å²) in [5, 5.41) is 0. The standard InChI is InChI=1S/C17H21BrN2O2/c1-2-13-5-3-4-10-19(13)15-11-16(21)20(17(15)22)14-8-6-12(18)7-9-14/h6-9,13,15H,2-5,10-11H2,1H3/p+1/t13-,15-/m1/s1. The predicted molar refractivity (Wildman–Crippen MR) is 88.8 cm³/mol. The van der Waals surface area contributed by atoms with Crippen molar-refractivity contribution in [2.45, 2.75) is 51.1 Å². The van der Waals surface area contributed by atoms with Crippen LogP contribution in [-0.2, 0) is 9.59 Å². The van der Waals surface area contributed by atoms with E-state index in [2.05, 4.69) is 22.9 Å². The average Bonchev–Trinajstić information content (AvgIpc) is 2.83. The molecule has 1 unspecified atom stereocenters. The number of imide groups is 1. The van der Waals surface area contributed by atoms with E-state index in [0.29, 0.717) is 18.2 Å². The van der Waals surface area contributed by atoms with Gasteiger partial charge in [-0.3, -0.25) is 9.59 Å². The number of nitrogens with one attached hydrogen (secondary N) is 1. The minimum atomic E-state index is -0.193. The summed E-state index contributed by atoms with van der Waals surface area (Å²) in [6, 6.07) is 7.70. The normalized spacial score (nSPS) is 29.2. The number of amides is 2. The number of hydrogen-bond donors (Lipinski definition) is 1. The molecule has 0 aliphatic carbocycles. The second-order valence-electron chi connectivity index (χ2n) is 6.23. The van der Waals surface area contributed by atoms with Gasteiger partial charge in [-0.2, -0.15) is 0 Å². The van der Waals surface area contributed by atoms with Crippen molar-refractivity contribution in [1.29, 1.82) is 0 Å². The van der Waals surface area contributed by atoms with Crippen LogP contribution in [0.25, 0.3) is 0 Å². The summed E-state index contributed by atoms with van der Waals surface area (Å²) in [5.74, 6) is -0.0899. The van der Waals surface area contributed by atoms with Crippen LogP contribution in [0.2, 0.25) is 0 Å². The Kier molecular flexibility index (Phi) is 4.64. The minimum Gasteiger partial charge on any atom is -0.322 e. The maximum absolute atomic E-state index is 12.8. The van der Waals surface area contributed by atoms with Crippen LogP contribution in [0.3, 0.4) is 0 Å². The van der Waals surface area contributed by atoms with Crippen LogP contribution in [0.15, 0.2) is 28.7 Å². The van der Waals surface area contributed by atoms with Crippen LogP contribution in [-0.4, -0.2) is 30.4 Å². The monoisotopic (exact) mass is 365 g/mol. The van der Waals surface area contributed by atoms with Crippen LogP contribution in [0.5, 0.6) is 0 Å². The largest absolute Gasteiger partial charge is 0.322 e. The zero-order valence-electron chi connectivity index (χ0n) is 12.8. The van der Waals surface area contributed by atoms with E-state index in [0.717, 1.165) is 23.9 Å². The number of halogens is 1. The Bertz CT molecular complexity index is 573. The SMILES string of the molecule is CC[C@@H]1CCCC[NH+]1[C@@H]1CC(=O)N(c2ccc(Br)cc2)C1=O. The third kappa shape index (κ3) is 2.84. The lowest BCUT2D eigenvalue weighted by molar-refractivity contribution is -0.944. The summed E-state index contributed by atoms with van der Waals surface area (Å²) < 4.78 is 0.944. The molecule has 2 saturated heterocycles. The smallest absolute Gasteiger partial charge is 0.292 e. The Morgan fingerprint density at radius 2 is 1.95 bits per heavy atom. The van der Waals surface area contributed by atoms with Gasteiger partial charge in [0.15, 0.2) is 6.04 Å². The number of anilines is 1. The van der Waals surface area contributed by atoms with Gasteiger partial charge in [-0.05, 0) is 49.9 Å². The molecule has 3 atom stereocenters. The first-order valence-electron chi connectivity index (χ1n) is 8.09. The summed E-state index contributed by atoms with van der Waals surface area (Å²) in [4.78, 5) is 27.9. The van der Waals surface area contributed by atoms with Gasteiger partial charge in [0.25, 0.3) is 5.91 Å². The first-order valence-corrected chi connectivity index (χ1v) is 8.89.